The Morgan fingerprint density at radius 2 is 2.12 bits per heavy atom. The first-order valence-corrected chi connectivity index (χ1v) is 5.86. The van der Waals surface area contributed by atoms with E-state index in [1.165, 1.54) is 12.0 Å². The Morgan fingerprint density at radius 1 is 1.38 bits per heavy atom. The molecule has 2 rings (SSSR count). The summed E-state index contributed by atoms with van der Waals surface area (Å²) in [5.74, 6) is 0.955. The predicted molar refractivity (Wildman–Crippen MR) is 66.8 cm³/mol. The molecule has 0 bridgehead atoms. The second-order valence-corrected chi connectivity index (χ2v) is 4.47. The fourth-order valence-corrected chi connectivity index (χ4v) is 2.31. The highest BCUT2D eigenvalue weighted by atomic mass is 15.1. The second-order valence-electron chi connectivity index (χ2n) is 4.47. The van der Waals surface area contributed by atoms with Gasteiger partial charge in [0, 0.05) is 19.5 Å². The maximum Gasteiger partial charge on any atom is 0.0918 e. The first-order chi connectivity index (χ1) is 7.75. The van der Waals surface area contributed by atoms with Crippen LogP contribution in [0.25, 0.3) is 0 Å². The molecule has 1 aliphatic rings. The third-order valence-electron chi connectivity index (χ3n) is 3.24. The molecular formula is C13H19N3. The van der Waals surface area contributed by atoms with Gasteiger partial charge < -0.3 is 10.6 Å². The molecule has 1 fully saturated rings. The topological polar surface area (TPSA) is 53.1 Å². The Morgan fingerprint density at radius 3 is 2.81 bits per heavy atom. The van der Waals surface area contributed by atoms with Gasteiger partial charge in [-0.2, -0.15) is 0 Å². The Labute approximate surface area is 96.8 Å². The molecule has 0 amide bonds. The van der Waals surface area contributed by atoms with Crippen LogP contribution in [0.4, 0.5) is 0 Å². The summed E-state index contributed by atoms with van der Waals surface area (Å²) in [6, 6.07) is 10.7. The van der Waals surface area contributed by atoms with Gasteiger partial charge in [0.05, 0.1) is 5.84 Å². The van der Waals surface area contributed by atoms with Crippen LogP contribution in [-0.4, -0.2) is 30.4 Å². The van der Waals surface area contributed by atoms with E-state index < -0.39 is 0 Å². The predicted octanol–water partition coefficient (Wildman–Crippen LogP) is 1.80. The average molecular weight is 217 g/mol. The summed E-state index contributed by atoms with van der Waals surface area (Å²) in [7, 11) is 0. The summed E-state index contributed by atoms with van der Waals surface area (Å²) in [5.41, 5.74) is 6.81. The molecule has 1 atom stereocenters. The third kappa shape index (κ3) is 2.83. The van der Waals surface area contributed by atoms with Crippen LogP contribution in [0.3, 0.4) is 0 Å². The van der Waals surface area contributed by atoms with Crippen molar-refractivity contribution in [3.8, 4) is 0 Å². The van der Waals surface area contributed by atoms with E-state index in [2.05, 4.69) is 35.2 Å². The number of benzene rings is 1. The van der Waals surface area contributed by atoms with Crippen molar-refractivity contribution in [1.82, 2.24) is 4.90 Å². The average Bonchev–Trinajstić information content (AvgIpc) is 2.76. The SMILES string of the molecule is N=C(N)CCN1CCC(c2ccccc2)C1. The van der Waals surface area contributed by atoms with Gasteiger partial charge in [-0.1, -0.05) is 30.3 Å². The molecule has 3 N–H and O–H groups in total. The van der Waals surface area contributed by atoms with Crippen molar-refractivity contribution in [2.45, 2.75) is 18.8 Å². The molecule has 0 radical (unpaired) electrons. The molecule has 1 aliphatic heterocycles. The maximum absolute atomic E-state index is 7.22. The van der Waals surface area contributed by atoms with E-state index in [9.17, 15) is 0 Å². The molecule has 0 aliphatic carbocycles. The zero-order valence-corrected chi connectivity index (χ0v) is 9.52. The van der Waals surface area contributed by atoms with E-state index in [0.717, 1.165) is 19.6 Å². The summed E-state index contributed by atoms with van der Waals surface area (Å²) in [6.45, 7) is 3.17. The molecule has 0 spiro atoms. The van der Waals surface area contributed by atoms with Crippen LogP contribution in [0.5, 0.6) is 0 Å². The minimum absolute atomic E-state index is 0.295. The molecule has 0 saturated carbocycles. The number of nitrogens with two attached hydrogens (primary N) is 1. The number of nitrogens with one attached hydrogen (secondary N) is 1. The minimum atomic E-state index is 0.295. The third-order valence-corrected chi connectivity index (χ3v) is 3.24. The normalized spacial score (nSPS) is 21.1. The number of hydrogen-bond acceptors (Lipinski definition) is 2. The van der Waals surface area contributed by atoms with E-state index in [0.29, 0.717) is 18.2 Å². The van der Waals surface area contributed by atoms with Crippen LogP contribution in [0.15, 0.2) is 30.3 Å². The second kappa shape index (κ2) is 5.12. The van der Waals surface area contributed by atoms with Crippen LogP contribution >= 0.6 is 0 Å². The number of rotatable bonds is 4. The van der Waals surface area contributed by atoms with Crippen molar-refractivity contribution < 1.29 is 0 Å². The number of likely N-dealkylation sites (tertiary alicyclic amines) is 1. The quantitative estimate of drug-likeness (QED) is 0.597. The molecule has 1 heterocycles. The Balaban J connectivity index is 1.86. The minimum Gasteiger partial charge on any atom is -0.388 e. The molecule has 86 valence electrons. The van der Waals surface area contributed by atoms with Crippen LogP contribution in [-0.2, 0) is 0 Å². The monoisotopic (exact) mass is 217 g/mol. The van der Waals surface area contributed by atoms with Crippen LogP contribution in [0.1, 0.15) is 24.3 Å². The van der Waals surface area contributed by atoms with Crippen LogP contribution < -0.4 is 5.73 Å². The fourth-order valence-electron chi connectivity index (χ4n) is 2.31. The summed E-state index contributed by atoms with van der Waals surface area (Å²) >= 11 is 0. The number of amidine groups is 1. The van der Waals surface area contributed by atoms with Gasteiger partial charge in [-0.05, 0) is 24.4 Å². The van der Waals surface area contributed by atoms with E-state index in [-0.39, 0.29) is 0 Å². The lowest BCUT2D eigenvalue weighted by Gasteiger charge is -2.15. The Hall–Kier alpha value is -1.35. The summed E-state index contributed by atoms with van der Waals surface area (Å²) in [5, 5.41) is 7.22. The van der Waals surface area contributed by atoms with Gasteiger partial charge in [0.2, 0.25) is 0 Å². The largest absolute Gasteiger partial charge is 0.388 e. The van der Waals surface area contributed by atoms with E-state index >= 15 is 0 Å². The van der Waals surface area contributed by atoms with Crippen molar-refractivity contribution >= 4 is 5.84 Å². The molecule has 1 saturated heterocycles. The zero-order valence-electron chi connectivity index (χ0n) is 9.52. The standard InChI is InChI=1S/C13H19N3/c14-13(15)7-9-16-8-6-12(10-16)11-4-2-1-3-5-11/h1-5,12H,6-10H2,(H3,14,15). The van der Waals surface area contributed by atoms with Crippen molar-refractivity contribution in [2.24, 2.45) is 5.73 Å². The fraction of sp³-hybridized carbons (Fsp3) is 0.462. The first-order valence-electron chi connectivity index (χ1n) is 5.86. The van der Waals surface area contributed by atoms with E-state index in [4.69, 9.17) is 11.1 Å². The van der Waals surface area contributed by atoms with Crippen LogP contribution in [0, 0.1) is 5.41 Å². The lowest BCUT2D eigenvalue weighted by Crippen LogP contribution is -2.25. The van der Waals surface area contributed by atoms with Gasteiger partial charge in [-0.3, -0.25) is 5.41 Å². The van der Waals surface area contributed by atoms with Gasteiger partial charge in [-0.15, -0.1) is 0 Å². The Kier molecular flexibility index (Phi) is 3.57. The summed E-state index contributed by atoms with van der Waals surface area (Å²) < 4.78 is 0. The van der Waals surface area contributed by atoms with E-state index in [1.807, 2.05) is 0 Å². The molecule has 0 aromatic heterocycles. The molecule has 1 aromatic rings. The molecule has 1 aromatic carbocycles. The summed E-state index contributed by atoms with van der Waals surface area (Å²) in [4.78, 5) is 2.40. The highest BCUT2D eigenvalue weighted by molar-refractivity contribution is 5.76. The first kappa shape index (κ1) is 11.1. The number of hydrogen-bond donors (Lipinski definition) is 2. The maximum atomic E-state index is 7.22. The molecular weight excluding hydrogens is 198 g/mol. The van der Waals surface area contributed by atoms with E-state index in [1.54, 1.807) is 0 Å². The smallest absolute Gasteiger partial charge is 0.0918 e. The molecule has 3 heteroatoms. The van der Waals surface area contributed by atoms with Crippen molar-refractivity contribution in [3.63, 3.8) is 0 Å². The molecule has 16 heavy (non-hydrogen) atoms. The number of nitrogens with zero attached hydrogens (tertiary/aromatic N) is 1. The molecule has 3 nitrogen and oxygen atoms in total. The van der Waals surface area contributed by atoms with Gasteiger partial charge in [-0.25, -0.2) is 0 Å². The van der Waals surface area contributed by atoms with Gasteiger partial charge in [0.1, 0.15) is 0 Å². The van der Waals surface area contributed by atoms with Gasteiger partial charge >= 0.3 is 0 Å². The van der Waals surface area contributed by atoms with Gasteiger partial charge in [0.25, 0.3) is 0 Å². The highest BCUT2D eigenvalue weighted by Crippen LogP contribution is 2.26. The Bertz CT molecular complexity index is 347. The van der Waals surface area contributed by atoms with Crippen molar-refractivity contribution in [1.29, 1.82) is 5.41 Å². The highest BCUT2D eigenvalue weighted by Gasteiger charge is 2.23. The molecule has 1 unspecified atom stereocenters. The lowest BCUT2D eigenvalue weighted by atomic mass is 9.99. The van der Waals surface area contributed by atoms with Crippen molar-refractivity contribution in [2.75, 3.05) is 19.6 Å². The van der Waals surface area contributed by atoms with Crippen molar-refractivity contribution in [3.05, 3.63) is 35.9 Å². The zero-order chi connectivity index (χ0) is 11.4. The summed E-state index contributed by atoms with van der Waals surface area (Å²) in [6.07, 6.45) is 1.92. The van der Waals surface area contributed by atoms with Crippen LogP contribution in [0.2, 0.25) is 0 Å². The van der Waals surface area contributed by atoms with Gasteiger partial charge in [0.15, 0.2) is 0 Å². The lowest BCUT2D eigenvalue weighted by molar-refractivity contribution is 0.344.